The number of rotatable bonds is 7. The van der Waals surface area contributed by atoms with Gasteiger partial charge in [-0.1, -0.05) is 0 Å². The van der Waals surface area contributed by atoms with Crippen LogP contribution in [-0.2, 0) is 16.1 Å². The van der Waals surface area contributed by atoms with Gasteiger partial charge < -0.3 is 10.1 Å². The van der Waals surface area contributed by atoms with Crippen LogP contribution in [0.1, 0.15) is 42.9 Å². The SMILES string of the molecule is COCCNC(=O)[C@H]1CCCN(C2CCN(Cc3nc(C)cc(C)n3)CC2)C1. The molecule has 2 aliphatic heterocycles. The van der Waals surface area contributed by atoms with Gasteiger partial charge in [0.25, 0.3) is 0 Å². The summed E-state index contributed by atoms with van der Waals surface area (Å²) in [7, 11) is 1.66. The number of carbonyl (C=O) groups is 1. The lowest BCUT2D eigenvalue weighted by Gasteiger charge is -2.42. The minimum absolute atomic E-state index is 0.118. The fourth-order valence-electron chi connectivity index (χ4n) is 4.49. The Bertz CT molecular complexity index is 625. The molecule has 3 heterocycles. The van der Waals surface area contributed by atoms with Crippen molar-refractivity contribution < 1.29 is 9.53 Å². The molecule has 0 radical (unpaired) electrons. The predicted octanol–water partition coefficient (Wildman–Crippen LogP) is 1.53. The van der Waals surface area contributed by atoms with Crippen molar-refractivity contribution in [2.24, 2.45) is 5.92 Å². The average molecular weight is 390 g/mol. The van der Waals surface area contributed by atoms with Crippen molar-refractivity contribution in [3.05, 3.63) is 23.3 Å². The van der Waals surface area contributed by atoms with Crippen LogP contribution in [-0.4, -0.2) is 78.2 Å². The molecule has 0 aliphatic carbocycles. The lowest BCUT2D eigenvalue weighted by Crippen LogP contribution is -2.50. The lowest BCUT2D eigenvalue weighted by atomic mass is 9.93. The summed E-state index contributed by atoms with van der Waals surface area (Å²) in [4.78, 5) is 26.6. The molecule has 1 aromatic rings. The number of piperidine rings is 2. The maximum atomic E-state index is 12.4. The van der Waals surface area contributed by atoms with Gasteiger partial charge in [0.05, 0.1) is 19.1 Å². The van der Waals surface area contributed by atoms with E-state index in [4.69, 9.17) is 4.74 Å². The monoisotopic (exact) mass is 389 g/mol. The van der Waals surface area contributed by atoms with Crippen molar-refractivity contribution in [1.29, 1.82) is 0 Å². The van der Waals surface area contributed by atoms with Gasteiger partial charge in [-0.2, -0.15) is 0 Å². The Hall–Kier alpha value is -1.57. The number of carbonyl (C=O) groups excluding carboxylic acids is 1. The number of aryl methyl sites for hydroxylation is 2. The van der Waals surface area contributed by atoms with E-state index in [1.165, 1.54) is 0 Å². The molecule has 0 bridgehead atoms. The van der Waals surface area contributed by atoms with E-state index >= 15 is 0 Å². The maximum Gasteiger partial charge on any atom is 0.224 e. The number of hydrogen-bond donors (Lipinski definition) is 1. The highest BCUT2D eigenvalue weighted by Gasteiger charge is 2.31. The average Bonchev–Trinajstić information content (AvgIpc) is 2.68. The van der Waals surface area contributed by atoms with Crippen LogP contribution in [0.15, 0.2) is 6.07 Å². The second-order valence-corrected chi connectivity index (χ2v) is 8.19. The number of hydrogen-bond acceptors (Lipinski definition) is 6. The van der Waals surface area contributed by atoms with Gasteiger partial charge in [0.1, 0.15) is 5.82 Å². The van der Waals surface area contributed by atoms with Gasteiger partial charge in [-0.3, -0.25) is 14.6 Å². The van der Waals surface area contributed by atoms with Crippen LogP contribution in [0, 0.1) is 19.8 Å². The van der Waals surface area contributed by atoms with E-state index in [-0.39, 0.29) is 11.8 Å². The number of likely N-dealkylation sites (tertiary alicyclic amines) is 2. The van der Waals surface area contributed by atoms with Crippen molar-refractivity contribution in [3.63, 3.8) is 0 Å². The molecule has 2 aliphatic rings. The van der Waals surface area contributed by atoms with Crippen LogP contribution in [0.25, 0.3) is 0 Å². The zero-order valence-electron chi connectivity index (χ0n) is 17.6. The molecule has 1 N–H and O–H groups in total. The number of ether oxygens (including phenoxy) is 1. The Kier molecular flexibility index (Phi) is 7.76. The van der Waals surface area contributed by atoms with Gasteiger partial charge in [0.2, 0.25) is 5.91 Å². The second-order valence-electron chi connectivity index (χ2n) is 8.19. The normalized spacial score (nSPS) is 22.3. The van der Waals surface area contributed by atoms with Crippen LogP contribution in [0.3, 0.4) is 0 Å². The first-order chi connectivity index (χ1) is 13.5. The predicted molar refractivity (Wildman–Crippen MR) is 109 cm³/mol. The fraction of sp³-hybridized carbons (Fsp3) is 0.762. The van der Waals surface area contributed by atoms with E-state index in [1.54, 1.807) is 7.11 Å². The third-order valence-electron chi connectivity index (χ3n) is 5.90. The summed E-state index contributed by atoms with van der Waals surface area (Å²) in [5, 5.41) is 3.01. The van der Waals surface area contributed by atoms with E-state index in [0.717, 1.165) is 75.6 Å². The molecule has 3 rings (SSSR count). The zero-order valence-corrected chi connectivity index (χ0v) is 17.6. The largest absolute Gasteiger partial charge is 0.383 e. The van der Waals surface area contributed by atoms with Gasteiger partial charge in [-0.25, -0.2) is 9.97 Å². The van der Waals surface area contributed by atoms with E-state index < -0.39 is 0 Å². The maximum absolute atomic E-state index is 12.4. The smallest absolute Gasteiger partial charge is 0.224 e. The van der Waals surface area contributed by atoms with Crippen LogP contribution < -0.4 is 5.32 Å². The van der Waals surface area contributed by atoms with Crippen molar-refractivity contribution in [2.45, 2.75) is 52.1 Å². The third-order valence-corrected chi connectivity index (χ3v) is 5.90. The highest BCUT2D eigenvalue weighted by Crippen LogP contribution is 2.24. The molecule has 1 atom stereocenters. The molecule has 156 valence electrons. The van der Waals surface area contributed by atoms with E-state index in [1.807, 2.05) is 19.9 Å². The van der Waals surface area contributed by atoms with E-state index in [0.29, 0.717) is 19.2 Å². The summed E-state index contributed by atoms with van der Waals surface area (Å²) < 4.78 is 5.02. The third kappa shape index (κ3) is 5.96. The minimum atomic E-state index is 0.118. The summed E-state index contributed by atoms with van der Waals surface area (Å²) in [5.74, 6) is 1.24. The molecule has 0 spiro atoms. The highest BCUT2D eigenvalue weighted by atomic mass is 16.5. The Balaban J connectivity index is 1.45. The van der Waals surface area contributed by atoms with Crippen LogP contribution in [0.5, 0.6) is 0 Å². The molecule has 0 unspecified atom stereocenters. The van der Waals surface area contributed by atoms with Crippen molar-refractivity contribution >= 4 is 5.91 Å². The van der Waals surface area contributed by atoms with E-state index in [9.17, 15) is 4.79 Å². The van der Waals surface area contributed by atoms with Gasteiger partial charge in [0, 0.05) is 50.7 Å². The molecule has 28 heavy (non-hydrogen) atoms. The Morgan fingerprint density at radius 2 is 1.89 bits per heavy atom. The van der Waals surface area contributed by atoms with E-state index in [2.05, 4.69) is 25.1 Å². The number of amides is 1. The first-order valence-corrected chi connectivity index (χ1v) is 10.6. The molecule has 0 saturated carbocycles. The summed E-state index contributed by atoms with van der Waals surface area (Å²) in [6.07, 6.45) is 4.42. The summed E-state index contributed by atoms with van der Waals surface area (Å²) in [6.45, 7) is 10.2. The highest BCUT2D eigenvalue weighted by molar-refractivity contribution is 5.78. The quantitative estimate of drug-likeness (QED) is 0.713. The number of nitrogens with one attached hydrogen (secondary N) is 1. The zero-order chi connectivity index (χ0) is 19.9. The summed E-state index contributed by atoms with van der Waals surface area (Å²) in [6, 6.07) is 2.61. The first kappa shape index (κ1) is 21.1. The summed E-state index contributed by atoms with van der Waals surface area (Å²) >= 11 is 0. The molecule has 1 aromatic heterocycles. The summed E-state index contributed by atoms with van der Waals surface area (Å²) in [5.41, 5.74) is 2.08. The van der Waals surface area contributed by atoms with Crippen LogP contribution >= 0.6 is 0 Å². The fourth-order valence-corrected chi connectivity index (χ4v) is 4.49. The lowest BCUT2D eigenvalue weighted by molar-refractivity contribution is -0.127. The standard InChI is InChI=1S/C21H35N5O2/c1-16-13-17(2)24-20(23-16)15-25-10-6-19(7-11-25)26-9-4-5-18(14-26)21(27)22-8-12-28-3/h13,18-19H,4-12,14-15H2,1-3H3,(H,22,27)/t18-/m0/s1. The molecule has 0 aromatic carbocycles. The second kappa shape index (κ2) is 10.3. The Labute approximate surface area is 168 Å². The number of nitrogens with zero attached hydrogens (tertiary/aromatic N) is 4. The topological polar surface area (TPSA) is 70.6 Å². The Morgan fingerprint density at radius 3 is 2.57 bits per heavy atom. The van der Waals surface area contributed by atoms with Crippen LogP contribution in [0.4, 0.5) is 0 Å². The molecule has 1 amide bonds. The Morgan fingerprint density at radius 1 is 1.18 bits per heavy atom. The molecular formula is C21H35N5O2. The van der Waals surface area contributed by atoms with Crippen molar-refractivity contribution in [1.82, 2.24) is 25.1 Å². The molecule has 7 heteroatoms. The van der Waals surface area contributed by atoms with Crippen LogP contribution in [0.2, 0.25) is 0 Å². The van der Waals surface area contributed by atoms with Crippen molar-refractivity contribution in [2.75, 3.05) is 46.4 Å². The number of aromatic nitrogens is 2. The number of methoxy groups -OCH3 is 1. The molecule has 7 nitrogen and oxygen atoms in total. The first-order valence-electron chi connectivity index (χ1n) is 10.6. The van der Waals surface area contributed by atoms with Gasteiger partial charge in [0.15, 0.2) is 0 Å². The van der Waals surface area contributed by atoms with Crippen molar-refractivity contribution in [3.8, 4) is 0 Å². The molecule has 2 fully saturated rings. The van der Waals surface area contributed by atoms with Gasteiger partial charge in [-0.05, 0) is 52.1 Å². The minimum Gasteiger partial charge on any atom is -0.383 e. The van der Waals surface area contributed by atoms with Gasteiger partial charge in [-0.15, -0.1) is 0 Å². The molecule has 2 saturated heterocycles. The van der Waals surface area contributed by atoms with Gasteiger partial charge >= 0.3 is 0 Å². The molecular weight excluding hydrogens is 354 g/mol.